The number of rotatable bonds is 1. The average molecular weight is 288 g/mol. The van der Waals surface area contributed by atoms with E-state index in [1.54, 1.807) is 4.90 Å². The van der Waals surface area contributed by atoms with E-state index in [2.05, 4.69) is 6.07 Å². The molecule has 3 rings (SSSR count). The molecule has 1 aromatic carbocycles. The largest absolute Gasteiger partial charge is 0.453 e. The van der Waals surface area contributed by atoms with E-state index in [0.717, 1.165) is 18.4 Å². The number of carbonyl (C=O) groups excluding carboxylic acids is 2. The minimum Gasteiger partial charge on any atom is -0.453 e. The van der Waals surface area contributed by atoms with Crippen LogP contribution in [0.5, 0.6) is 0 Å². The van der Waals surface area contributed by atoms with Gasteiger partial charge in [-0.25, -0.2) is 4.79 Å². The fourth-order valence-corrected chi connectivity index (χ4v) is 3.11. The van der Waals surface area contributed by atoms with E-state index < -0.39 is 0 Å². The SMILES string of the molecule is COC(=O)N1CCN(C(=O)c2ccc3c(c2)CCC3)CC1. The fraction of sp³-hybridized carbons (Fsp3) is 0.500. The van der Waals surface area contributed by atoms with Gasteiger partial charge < -0.3 is 14.5 Å². The Kier molecular flexibility index (Phi) is 3.82. The van der Waals surface area contributed by atoms with Crippen molar-refractivity contribution in [3.63, 3.8) is 0 Å². The van der Waals surface area contributed by atoms with Crippen LogP contribution >= 0.6 is 0 Å². The van der Waals surface area contributed by atoms with Crippen molar-refractivity contribution in [2.24, 2.45) is 0 Å². The van der Waals surface area contributed by atoms with Crippen LogP contribution in [-0.2, 0) is 17.6 Å². The van der Waals surface area contributed by atoms with Gasteiger partial charge in [0, 0.05) is 31.7 Å². The first-order chi connectivity index (χ1) is 10.2. The van der Waals surface area contributed by atoms with Crippen LogP contribution in [0, 0.1) is 0 Å². The molecule has 0 N–H and O–H groups in total. The maximum atomic E-state index is 12.5. The van der Waals surface area contributed by atoms with E-state index in [1.165, 1.54) is 24.7 Å². The third-order valence-corrected chi connectivity index (χ3v) is 4.35. The molecule has 2 aliphatic rings. The zero-order valence-electron chi connectivity index (χ0n) is 12.3. The molecule has 1 aliphatic heterocycles. The smallest absolute Gasteiger partial charge is 0.409 e. The molecule has 21 heavy (non-hydrogen) atoms. The predicted octanol–water partition coefficient (Wildman–Crippen LogP) is 1.70. The summed E-state index contributed by atoms with van der Waals surface area (Å²) in [5.74, 6) is 0.0641. The van der Waals surface area contributed by atoms with E-state index in [0.29, 0.717) is 26.2 Å². The molecule has 0 aromatic heterocycles. The maximum Gasteiger partial charge on any atom is 0.409 e. The van der Waals surface area contributed by atoms with Gasteiger partial charge in [0.1, 0.15) is 0 Å². The molecule has 5 heteroatoms. The monoisotopic (exact) mass is 288 g/mol. The molecule has 112 valence electrons. The van der Waals surface area contributed by atoms with Crippen LogP contribution < -0.4 is 0 Å². The van der Waals surface area contributed by atoms with Crippen LogP contribution in [0.2, 0.25) is 0 Å². The molecule has 0 unspecified atom stereocenters. The number of methoxy groups -OCH3 is 1. The van der Waals surface area contributed by atoms with Gasteiger partial charge in [-0.2, -0.15) is 0 Å². The number of aryl methyl sites for hydroxylation is 2. The molecule has 1 fully saturated rings. The molecule has 0 bridgehead atoms. The van der Waals surface area contributed by atoms with Crippen molar-refractivity contribution in [3.05, 3.63) is 34.9 Å². The first-order valence-electron chi connectivity index (χ1n) is 7.43. The van der Waals surface area contributed by atoms with Gasteiger partial charge in [0.05, 0.1) is 7.11 Å². The zero-order valence-corrected chi connectivity index (χ0v) is 12.3. The summed E-state index contributed by atoms with van der Waals surface area (Å²) in [6, 6.07) is 6.05. The number of hydrogen-bond acceptors (Lipinski definition) is 3. The average Bonchev–Trinajstić information content (AvgIpc) is 3.01. The molecule has 0 spiro atoms. The topological polar surface area (TPSA) is 49.9 Å². The molecule has 1 heterocycles. The van der Waals surface area contributed by atoms with Crippen molar-refractivity contribution >= 4 is 12.0 Å². The molecule has 5 nitrogen and oxygen atoms in total. The zero-order chi connectivity index (χ0) is 14.8. The first-order valence-corrected chi connectivity index (χ1v) is 7.43. The highest BCUT2D eigenvalue weighted by molar-refractivity contribution is 5.94. The van der Waals surface area contributed by atoms with Crippen LogP contribution in [0.15, 0.2) is 18.2 Å². The summed E-state index contributed by atoms with van der Waals surface area (Å²) in [7, 11) is 1.38. The molecule has 0 radical (unpaired) electrons. The van der Waals surface area contributed by atoms with Gasteiger partial charge in [0.15, 0.2) is 0 Å². The van der Waals surface area contributed by atoms with E-state index >= 15 is 0 Å². The number of benzene rings is 1. The van der Waals surface area contributed by atoms with Crippen LogP contribution in [0.25, 0.3) is 0 Å². The number of fused-ring (bicyclic) bond motifs is 1. The van der Waals surface area contributed by atoms with Crippen LogP contribution in [0.3, 0.4) is 0 Å². The van der Waals surface area contributed by atoms with Gasteiger partial charge >= 0.3 is 6.09 Å². The third kappa shape index (κ3) is 2.73. The predicted molar refractivity (Wildman–Crippen MR) is 78.3 cm³/mol. The summed E-state index contributed by atoms with van der Waals surface area (Å²) >= 11 is 0. The summed E-state index contributed by atoms with van der Waals surface area (Å²) in [5, 5.41) is 0. The second kappa shape index (κ2) is 5.76. The second-order valence-corrected chi connectivity index (χ2v) is 5.59. The van der Waals surface area contributed by atoms with Crippen molar-refractivity contribution in [1.29, 1.82) is 0 Å². The minimum absolute atomic E-state index is 0.0641. The fourth-order valence-electron chi connectivity index (χ4n) is 3.11. The maximum absolute atomic E-state index is 12.5. The van der Waals surface area contributed by atoms with Gasteiger partial charge in [0.2, 0.25) is 0 Å². The number of carbonyl (C=O) groups is 2. The molecule has 1 saturated heterocycles. The molecule has 0 atom stereocenters. The second-order valence-electron chi connectivity index (χ2n) is 5.59. The minimum atomic E-state index is -0.320. The Morgan fingerprint density at radius 2 is 1.67 bits per heavy atom. The van der Waals surface area contributed by atoms with Crippen molar-refractivity contribution in [1.82, 2.24) is 9.80 Å². The lowest BCUT2D eigenvalue weighted by atomic mass is 10.1. The van der Waals surface area contributed by atoms with Gasteiger partial charge in [-0.3, -0.25) is 4.79 Å². The summed E-state index contributed by atoms with van der Waals surface area (Å²) in [6.07, 6.45) is 3.07. The van der Waals surface area contributed by atoms with Gasteiger partial charge in [0.25, 0.3) is 5.91 Å². The molecular formula is C16H20N2O3. The van der Waals surface area contributed by atoms with Crippen molar-refractivity contribution < 1.29 is 14.3 Å². The number of hydrogen-bond donors (Lipinski definition) is 0. The van der Waals surface area contributed by atoms with Crippen LogP contribution in [0.4, 0.5) is 4.79 Å². The van der Waals surface area contributed by atoms with E-state index in [4.69, 9.17) is 4.74 Å². The Bertz CT molecular complexity index is 563. The van der Waals surface area contributed by atoms with Crippen molar-refractivity contribution in [2.75, 3.05) is 33.3 Å². The highest BCUT2D eigenvalue weighted by Crippen LogP contribution is 2.23. The first kappa shape index (κ1) is 13.9. The van der Waals surface area contributed by atoms with E-state index in [1.807, 2.05) is 17.0 Å². The standard InChI is InChI=1S/C16H20N2O3/c1-21-16(20)18-9-7-17(8-10-18)15(19)14-6-5-12-3-2-4-13(12)11-14/h5-6,11H,2-4,7-10H2,1H3. The molecule has 0 saturated carbocycles. The number of amides is 2. The molecule has 1 aromatic rings. The third-order valence-electron chi connectivity index (χ3n) is 4.35. The number of nitrogens with zero attached hydrogens (tertiary/aromatic N) is 2. The van der Waals surface area contributed by atoms with Gasteiger partial charge in [-0.1, -0.05) is 6.07 Å². The molecular weight excluding hydrogens is 268 g/mol. The van der Waals surface area contributed by atoms with Gasteiger partial charge in [-0.15, -0.1) is 0 Å². The Morgan fingerprint density at radius 3 is 2.38 bits per heavy atom. The lowest BCUT2D eigenvalue weighted by molar-refractivity contribution is 0.0599. The summed E-state index contributed by atoms with van der Waals surface area (Å²) in [4.78, 5) is 27.4. The Labute approximate surface area is 124 Å². The van der Waals surface area contributed by atoms with E-state index in [9.17, 15) is 9.59 Å². The number of ether oxygens (including phenoxy) is 1. The lowest BCUT2D eigenvalue weighted by Crippen LogP contribution is -2.50. The molecule has 2 amide bonds. The highest BCUT2D eigenvalue weighted by Gasteiger charge is 2.25. The van der Waals surface area contributed by atoms with Crippen LogP contribution in [-0.4, -0.2) is 55.1 Å². The Morgan fingerprint density at radius 1 is 1.00 bits per heavy atom. The number of piperazine rings is 1. The lowest BCUT2D eigenvalue weighted by Gasteiger charge is -2.33. The van der Waals surface area contributed by atoms with E-state index in [-0.39, 0.29) is 12.0 Å². The highest BCUT2D eigenvalue weighted by atomic mass is 16.5. The molecule has 1 aliphatic carbocycles. The Hall–Kier alpha value is -2.04. The normalized spacial score (nSPS) is 17.6. The van der Waals surface area contributed by atoms with Crippen molar-refractivity contribution in [3.8, 4) is 0 Å². The Balaban J connectivity index is 1.65. The van der Waals surface area contributed by atoms with Crippen molar-refractivity contribution in [2.45, 2.75) is 19.3 Å². The quantitative estimate of drug-likeness (QED) is 0.790. The summed E-state index contributed by atoms with van der Waals surface area (Å²) in [5.41, 5.74) is 3.46. The van der Waals surface area contributed by atoms with Gasteiger partial charge in [-0.05, 0) is 42.5 Å². The van der Waals surface area contributed by atoms with Crippen LogP contribution in [0.1, 0.15) is 27.9 Å². The summed E-state index contributed by atoms with van der Waals surface area (Å²) in [6.45, 7) is 2.18. The summed E-state index contributed by atoms with van der Waals surface area (Å²) < 4.78 is 4.70.